The van der Waals surface area contributed by atoms with Gasteiger partial charge in [-0.05, 0) is 44.4 Å². The van der Waals surface area contributed by atoms with Gasteiger partial charge in [0.1, 0.15) is 0 Å². The van der Waals surface area contributed by atoms with Crippen LogP contribution in [0.2, 0.25) is 0 Å². The molecule has 2 nitrogen and oxygen atoms in total. The normalized spacial score (nSPS) is 18.4. The molecule has 1 aromatic carbocycles. The van der Waals surface area contributed by atoms with Crippen LogP contribution in [0.3, 0.4) is 0 Å². The number of hydrogen-bond acceptors (Lipinski definition) is 2. The molecule has 1 aliphatic carbocycles. The van der Waals surface area contributed by atoms with Gasteiger partial charge in [-0.3, -0.25) is 0 Å². The van der Waals surface area contributed by atoms with Crippen molar-refractivity contribution < 1.29 is 4.74 Å². The Labute approximate surface area is 130 Å². The van der Waals surface area contributed by atoms with Crippen LogP contribution in [0.5, 0.6) is 0 Å². The Balaban J connectivity index is 1.97. The topological polar surface area (TPSA) is 21.3 Å². The fourth-order valence-electron chi connectivity index (χ4n) is 3.36. The zero-order valence-electron chi connectivity index (χ0n) is 14.0. The predicted molar refractivity (Wildman–Crippen MR) is 89.8 cm³/mol. The van der Waals surface area contributed by atoms with Gasteiger partial charge in [-0.2, -0.15) is 0 Å². The molecule has 1 unspecified atom stereocenters. The Hall–Kier alpha value is -0.860. The van der Waals surface area contributed by atoms with Crippen molar-refractivity contribution in [2.24, 2.45) is 0 Å². The van der Waals surface area contributed by atoms with Crippen LogP contribution >= 0.6 is 0 Å². The van der Waals surface area contributed by atoms with Crippen molar-refractivity contribution in [3.05, 3.63) is 34.9 Å². The lowest BCUT2D eigenvalue weighted by atomic mass is 9.99. The summed E-state index contributed by atoms with van der Waals surface area (Å²) < 4.78 is 6.25. The van der Waals surface area contributed by atoms with E-state index in [1.807, 2.05) is 0 Å². The quantitative estimate of drug-likeness (QED) is 0.767. The molecule has 118 valence electrons. The van der Waals surface area contributed by atoms with Gasteiger partial charge in [-0.25, -0.2) is 0 Å². The van der Waals surface area contributed by atoms with Crippen LogP contribution in [0, 0.1) is 13.8 Å². The molecule has 21 heavy (non-hydrogen) atoms. The van der Waals surface area contributed by atoms with E-state index in [1.54, 1.807) is 0 Å². The lowest BCUT2D eigenvalue weighted by Gasteiger charge is -2.24. The van der Waals surface area contributed by atoms with Crippen molar-refractivity contribution in [3.63, 3.8) is 0 Å². The highest BCUT2D eigenvalue weighted by Gasteiger charge is 2.17. The maximum Gasteiger partial charge on any atom is 0.0665 e. The van der Waals surface area contributed by atoms with Gasteiger partial charge in [-0.1, -0.05) is 56.4 Å². The largest absolute Gasteiger partial charge is 0.376 e. The fourth-order valence-corrected chi connectivity index (χ4v) is 3.36. The van der Waals surface area contributed by atoms with Crippen LogP contribution in [0.25, 0.3) is 0 Å². The summed E-state index contributed by atoms with van der Waals surface area (Å²) in [5.41, 5.74) is 4.08. The van der Waals surface area contributed by atoms with Gasteiger partial charge in [0.25, 0.3) is 0 Å². The third kappa shape index (κ3) is 5.12. The van der Waals surface area contributed by atoms with E-state index in [0.29, 0.717) is 12.1 Å². The van der Waals surface area contributed by atoms with E-state index in [0.717, 1.165) is 13.2 Å². The molecule has 2 heteroatoms. The van der Waals surface area contributed by atoms with E-state index < -0.39 is 0 Å². The molecular weight excluding hydrogens is 258 g/mol. The van der Waals surface area contributed by atoms with Gasteiger partial charge in [0.2, 0.25) is 0 Å². The molecule has 1 aromatic rings. The molecule has 0 heterocycles. The maximum atomic E-state index is 6.25. The number of ether oxygens (including phenoxy) is 1. The second kappa shape index (κ2) is 8.55. The minimum absolute atomic E-state index is 0.318. The smallest absolute Gasteiger partial charge is 0.0665 e. The molecule has 1 aliphatic rings. The first-order valence-corrected chi connectivity index (χ1v) is 8.63. The molecule has 0 saturated heterocycles. The molecule has 0 spiro atoms. The maximum absolute atomic E-state index is 6.25. The van der Waals surface area contributed by atoms with Crippen LogP contribution in [0.15, 0.2) is 18.2 Å². The summed E-state index contributed by atoms with van der Waals surface area (Å²) in [6.45, 7) is 8.30. The monoisotopic (exact) mass is 289 g/mol. The molecular formula is C19H31NO. The second-order valence-corrected chi connectivity index (χ2v) is 6.42. The molecule has 1 N–H and O–H groups in total. The molecule has 2 rings (SSSR count). The first kappa shape index (κ1) is 16.5. The standard InChI is InChI=1S/C19H31NO/c1-4-20-19(18-12-11-15(2)13-16(18)3)14-21-17-9-7-5-6-8-10-17/h11-13,17,19-20H,4-10,14H2,1-3H3. The van der Waals surface area contributed by atoms with Gasteiger partial charge < -0.3 is 10.1 Å². The van der Waals surface area contributed by atoms with Crippen LogP contribution < -0.4 is 5.32 Å². The number of likely N-dealkylation sites (N-methyl/N-ethyl adjacent to an activating group) is 1. The number of benzene rings is 1. The second-order valence-electron chi connectivity index (χ2n) is 6.42. The van der Waals surface area contributed by atoms with Crippen molar-refractivity contribution in [3.8, 4) is 0 Å². The van der Waals surface area contributed by atoms with Gasteiger partial charge in [0, 0.05) is 0 Å². The third-order valence-corrected chi connectivity index (χ3v) is 4.55. The number of rotatable bonds is 6. The number of hydrogen-bond donors (Lipinski definition) is 1. The average molecular weight is 289 g/mol. The third-order valence-electron chi connectivity index (χ3n) is 4.55. The van der Waals surface area contributed by atoms with E-state index in [-0.39, 0.29) is 0 Å². The van der Waals surface area contributed by atoms with Gasteiger partial charge >= 0.3 is 0 Å². The minimum Gasteiger partial charge on any atom is -0.376 e. The van der Waals surface area contributed by atoms with Crippen LogP contribution in [-0.2, 0) is 4.74 Å². The summed E-state index contributed by atoms with van der Waals surface area (Å²) in [5.74, 6) is 0. The molecule has 0 bridgehead atoms. The predicted octanol–water partition coefficient (Wildman–Crippen LogP) is 4.69. The van der Waals surface area contributed by atoms with Crippen LogP contribution in [0.1, 0.15) is 68.2 Å². The Morgan fingerprint density at radius 1 is 1.14 bits per heavy atom. The first-order valence-electron chi connectivity index (χ1n) is 8.63. The highest BCUT2D eigenvalue weighted by Crippen LogP contribution is 2.23. The Morgan fingerprint density at radius 2 is 1.86 bits per heavy atom. The Kier molecular flexibility index (Phi) is 6.72. The molecule has 1 saturated carbocycles. The summed E-state index contributed by atoms with van der Waals surface area (Å²) in [7, 11) is 0. The lowest BCUT2D eigenvalue weighted by molar-refractivity contribution is 0.0290. The summed E-state index contributed by atoms with van der Waals surface area (Å²) in [5, 5.41) is 3.59. The van der Waals surface area contributed by atoms with E-state index in [4.69, 9.17) is 4.74 Å². The minimum atomic E-state index is 0.318. The Bertz CT molecular complexity index is 422. The van der Waals surface area contributed by atoms with E-state index >= 15 is 0 Å². The Morgan fingerprint density at radius 3 is 2.48 bits per heavy atom. The average Bonchev–Trinajstić information content (AvgIpc) is 2.72. The first-order chi connectivity index (χ1) is 10.2. The summed E-state index contributed by atoms with van der Waals surface area (Å²) in [4.78, 5) is 0. The SMILES string of the molecule is CCNC(COC1CCCCCC1)c1ccc(C)cc1C. The van der Waals surface area contributed by atoms with Crippen molar-refractivity contribution in [2.45, 2.75) is 71.4 Å². The molecule has 1 atom stereocenters. The summed E-state index contributed by atoms with van der Waals surface area (Å²) in [6.07, 6.45) is 8.39. The van der Waals surface area contributed by atoms with Crippen LogP contribution in [-0.4, -0.2) is 19.3 Å². The number of aryl methyl sites for hydroxylation is 2. The van der Waals surface area contributed by atoms with E-state index in [2.05, 4.69) is 44.3 Å². The van der Waals surface area contributed by atoms with E-state index in [1.165, 1.54) is 55.2 Å². The molecule has 0 aliphatic heterocycles. The zero-order chi connectivity index (χ0) is 15.1. The highest BCUT2D eigenvalue weighted by atomic mass is 16.5. The van der Waals surface area contributed by atoms with Gasteiger partial charge in [-0.15, -0.1) is 0 Å². The van der Waals surface area contributed by atoms with Gasteiger partial charge in [0.05, 0.1) is 18.8 Å². The fraction of sp³-hybridized carbons (Fsp3) is 0.684. The number of nitrogens with one attached hydrogen (secondary N) is 1. The molecule has 1 fully saturated rings. The van der Waals surface area contributed by atoms with Crippen molar-refractivity contribution in [2.75, 3.05) is 13.2 Å². The molecule has 0 radical (unpaired) electrons. The van der Waals surface area contributed by atoms with Gasteiger partial charge in [0.15, 0.2) is 0 Å². The van der Waals surface area contributed by atoms with E-state index in [9.17, 15) is 0 Å². The summed E-state index contributed by atoms with van der Waals surface area (Å²) in [6, 6.07) is 7.05. The summed E-state index contributed by atoms with van der Waals surface area (Å²) >= 11 is 0. The van der Waals surface area contributed by atoms with Crippen molar-refractivity contribution in [1.82, 2.24) is 5.32 Å². The zero-order valence-corrected chi connectivity index (χ0v) is 14.0. The lowest BCUT2D eigenvalue weighted by Crippen LogP contribution is -2.28. The molecule has 0 aromatic heterocycles. The van der Waals surface area contributed by atoms with Crippen LogP contribution in [0.4, 0.5) is 0 Å². The van der Waals surface area contributed by atoms with Crippen molar-refractivity contribution >= 4 is 0 Å². The molecule has 0 amide bonds. The highest BCUT2D eigenvalue weighted by molar-refractivity contribution is 5.32. The van der Waals surface area contributed by atoms with Crippen molar-refractivity contribution in [1.29, 1.82) is 0 Å².